The van der Waals surface area contributed by atoms with E-state index in [-0.39, 0.29) is 11.9 Å². The van der Waals surface area contributed by atoms with Gasteiger partial charge in [-0.25, -0.2) is 0 Å². The number of fused-ring (bicyclic) bond motifs is 1. The van der Waals surface area contributed by atoms with Crippen LogP contribution in [0.2, 0.25) is 0 Å². The summed E-state index contributed by atoms with van der Waals surface area (Å²) >= 11 is 1.66. The summed E-state index contributed by atoms with van der Waals surface area (Å²) in [5, 5.41) is 7.23. The van der Waals surface area contributed by atoms with Gasteiger partial charge in [0.2, 0.25) is 0 Å². The standard InChI is InChI=1S/C16H21N3OS/c1-11-4-5-14-13(8-11)9-15(21-14)16(20)18-12(2)10-19-7-3-6-17-19/h3,6-7,9,11-12H,4-5,8,10H2,1-2H3,(H,18,20)/t11-,12+/m0/s1. The first kappa shape index (κ1) is 14.3. The Hall–Kier alpha value is -1.62. The quantitative estimate of drug-likeness (QED) is 0.944. The number of thiophene rings is 1. The first-order valence-electron chi connectivity index (χ1n) is 7.51. The maximum Gasteiger partial charge on any atom is 0.261 e. The lowest BCUT2D eigenvalue weighted by Gasteiger charge is -2.16. The fraction of sp³-hybridized carbons (Fsp3) is 0.500. The van der Waals surface area contributed by atoms with Gasteiger partial charge >= 0.3 is 0 Å². The van der Waals surface area contributed by atoms with Crippen molar-refractivity contribution in [2.75, 3.05) is 0 Å². The second-order valence-corrected chi connectivity index (χ2v) is 7.15. The zero-order valence-electron chi connectivity index (χ0n) is 12.5. The monoisotopic (exact) mass is 303 g/mol. The highest BCUT2D eigenvalue weighted by Gasteiger charge is 2.21. The molecule has 1 aliphatic carbocycles. The van der Waals surface area contributed by atoms with Crippen LogP contribution >= 0.6 is 11.3 Å². The first-order valence-corrected chi connectivity index (χ1v) is 8.33. The summed E-state index contributed by atoms with van der Waals surface area (Å²) in [4.78, 5) is 14.6. The molecule has 3 rings (SSSR count). The van der Waals surface area contributed by atoms with E-state index in [0.29, 0.717) is 6.54 Å². The van der Waals surface area contributed by atoms with E-state index in [1.165, 1.54) is 16.9 Å². The van der Waals surface area contributed by atoms with Gasteiger partial charge in [-0.2, -0.15) is 5.10 Å². The van der Waals surface area contributed by atoms with Gasteiger partial charge in [-0.05, 0) is 49.8 Å². The highest BCUT2D eigenvalue weighted by atomic mass is 32.1. The third kappa shape index (κ3) is 3.35. The van der Waals surface area contributed by atoms with Crippen LogP contribution in [-0.2, 0) is 19.4 Å². The van der Waals surface area contributed by atoms with Gasteiger partial charge in [0.1, 0.15) is 0 Å². The van der Waals surface area contributed by atoms with Gasteiger partial charge in [-0.3, -0.25) is 9.48 Å². The van der Waals surface area contributed by atoms with E-state index in [4.69, 9.17) is 0 Å². The Labute approximate surface area is 129 Å². The van der Waals surface area contributed by atoms with Crippen molar-refractivity contribution in [3.8, 4) is 0 Å². The van der Waals surface area contributed by atoms with Gasteiger partial charge in [0.05, 0.1) is 11.4 Å². The summed E-state index contributed by atoms with van der Waals surface area (Å²) < 4.78 is 1.84. The van der Waals surface area contributed by atoms with Gasteiger partial charge in [0.25, 0.3) is 5.91 Å². The molecule has 0 aromatic carbocycles. The molecular weight excluding hydrogens is 282 g/mol. The molecule has 2 atom stereocenters. The molecule has 0 radical (unpaired) electrons. The molecule has 0 unspecified atom stereocenters. The van der Waals surface area contributed by atoms with Crippen LogP contribution < -0.4 is 5.32 Å². The zero-order chi connectivity index (χ0) is 14.8. The minimum absolute atomic E-state index is 0.0432. The molecule has 2 heterocycles. The highest BCUT2D eigenvalue weighted by molar-refractivity contribution is 7.14. The van der Waals surface area contributed by atoms with Crippen molar-refractivity contribution in [2.45, 2.75) is 45.7 Å². The van der Waals surface area contributed by atoms with Crippen LogP contribution in [0, 0.1) is 5.92 Å². The Morgan fingerprint density at radius 2 is 2.48 bits per heavy atom. The second-order valence-electron chi connectivity index (χ2n) is 6.01. The van der Waals surface area contributed by atoms with Crippen LogP contribution in [0.4, 0.5) is 0 Å². The molecule has 0 spiro atoms. The Kier molecular flexibility index (Phi) is 4.10. The third-order valence-corrected chi connectivity index (χ3v) is 5.19. The molecule has 2 aromatic rings. The minimum atomic E-state index is 0.0432. The number of hydrogen-bond acceptors (Lipinski definition) is 3. The van der Waals surface area contributed by atoms with E-state index in [9.17, 15) is 4.79 Å². The SMILES string of the molecule is C[C@H]1CCc2sc(C(=O)N[C@H](C)Cn3cccn3)cc2C1. The number of nitrogens with one attached hydrogen (secondary N) is 1. The van der Waals surface area contributed by atoms with Crippen molar-refractivity contribution in [1.29, 1.82) is 0 Å². The lowest BCUT2D eigenvalue weighted by molar-refractivity contribution is 0.0940. The molecule has 0 saturated carbocycles. The molecular formula is C16H21N3OS. The van der Waals surface area contributed by atoms with Crippen LogP contribution in [0.25, 0.3) is 0 Å². The lowest BCUT2D eigenvalue weighted by Crippen LogP contribution is -2.35. The largest absolute Gasteiger partial charge is 0.347 e. The molecule has 0 bridgehead atoms. The summed E-state index contributed by atoms with van der Waals surface area (Å²) in [6.45, 7) is 4.99. The fourth-order valence-corrected chi connectivity index (χ4v) is 3.96. The van der Waals surface area contributed by atoms with Crippen molar-refractivity contribution in [2.24, 2.45) is 5.92 Å². The van der Waals surface area contributed by atoms with Gasteiger partial charge in [-0.15, -0.1) is 11.3 Å². The topological polar surface area (TPSA) is 46.9 Å². The van der Waals surface area contributed by atoms with E-state index < -0.39 is 0 Å². The first-order chi connectivity index (χ1) is 10.1. The second kappa shape index (κ2) is 6.02. The molecule has 0 aliphatic heterocycles. The summed E-state index contributed by atoms with van der Waals surface area (Å²) in [5.74, 6) is 0.781. The van der Waals surface area contributed by atoms with Crippen LogP contribution in [0.15, 0.2) is 24.5 Å². The number of aromatic nitrogens is 2. The van der Waals surface area contributed by atoms with Crippen molar-refractivity contribution in [3.63, 3.8) is 0 Å². The summed E-state index contributed by atoms with van der Waals surface area (Å²) in [6.07, 6.45) is 7.14. The number of rotatable bonds is 4. The van der Waals surface area contributed by atoms with Crippen LogP contribution in [0.1, 0.15) is 40.4 Å². The predicted molar refractivity (Wildman–Crippen MR) is 84.7 cm³/mol. The number of amides is 1. The Morgan fingerprint density at radius 1 is 1.62 bits per heavy atom. The average Bonchev–Trinajstić information content (AvgIpc) is 3.06. The van der Waals surface area contributed by atoms with Crippen LogP contribution in [0.3, 0.4) is 0 Å². The molecule has 1 aliphatic rings. The molecule has 112 valence electrons. The van der Waals surface area contributed by atoms with Gasteiger partial charge in [-0.1, -0.05) is 6.92 Å². The van der Waals surface area contributed by atoms with Crippen LogP contribution in [0.5, 0.6) is 0 Å². The summed E-state index contributed by atoms with van der Waals surface area (Å²) in [7, 11) is 0. The van der Waals surface area contributed by atoms with Crippen molar-refractivity contribution in [1.82, 2.24) is 15.1 Å². The molecule has 0 saturated heterocycles. The van der Waals surface area contributed by atoms with Gasteiger partial charge in [0.15, 0.2) is 0 Å². The van der Waals surface area contributed by atoms with E-state index in [2.05, 4.69) is 23.4 Å². The predicted octanol–water partition coefficient (Wildman–Crippen LogP) is 2.89. The van der Waals surface area contributed by atoms with Crippen molar-refractivity contribution >= 4 is 17.2 Å². The molecule has 5 heteroatoms. The highest BCUT2D eigenvalue weighted by Crippen LogP contribution is 2.32. The van der Waals surface area contributed by atoms with E-state index >= 15 is 0 Å². The Balaban J connectivity index is 1.63. The maximum absolute atomic E-state index is 12.4. The molecule has 2 aromatic heterocycles. The zero-order valence-corrected chi connectivity index (χ0v) is 13.3. The fourth-order valence-electron chi connectivity index (χ4n) is 2.85. The number of carbonyl (C=O) groups excluding carboxylic acids is 1. The van der Waals surface area contributed by atoms with Crippen molar-refractivity contribution < 1.29 is 4.79 Å². The number of hydrogen-bond donors (Lipinski definition) is 1. The smallest absolute Gasteiger partial charge is 0.261 e. The molecule has 21 heavy (non-hydrogen) atoms. The van der Waals surface area contributed by atoms with E-state index in [1.807, 2.05) is 23.9 Å². The number of carbonyl (C=O) groups is 1. The number of nitrogens with zero attached hydrogens (tertiary/aromatic N) is 2. The molecule has 0 fully saturated rings. The van der Waals surface area contributed by atoms with Crippen molar-refractivity contribution in [3.05, 3.63) is 39.8 Å². The lowest BCUT2D eigenvalue weighted by atomic mass is 9.90. The molecule has 4 nitrogen and oxygen atoms in total. The normalized spacial score (nSPS) is 19.0. The van der Waals surface area contributed by atoms with Gasteiger partial charge in [0, 0.05) is 23.3 Å². The van der Waals surface area contributed by atoms with E-state index in [1.54, 1.807) is 17.5 Å². The minimum Gasteiger partial charge on any atom is -0.347 e. The average molecular weight is 303 g/mol. The molecule has 1 amide bonds. The van der Waals surface area contributed by atoms with Crippen LogP contribution in [-0.4, -0.2) is 21.7 Å². The molecule has 1 N–H and O–H groups in total. The summed E-state index contributed by atoms with van der Waals surface area (Å²) in [6, 6.07) is 4.05. The Morgan fingerprint density at radius 3 is 3.24 bits per heavy atom. The van der Waals surface area contributed by atoms with E-state index in [0.717, 1.165) is 23.6 Å². The third-order valence-electron chi connectivity index (χ3n) is 3.95. The summed E-state index contributed by atoms with van der Waals surface area (Å²) in [5.41, 5.74) is 1.38. The maximum atomic E-state index is 12.4. The Bertz CT molecular complexity index is 618. The van der Waals surface area contributed by atoms with Gasteiger partial charge < -0.3 is 5.32 Å². The number of aryl methyl sites for hydroxylation is 1.